The van der Waals surface area contributed by atoms with E-state index in [1.54, 1.807) is 0 Å². The second-order valence-electron chi connectivity index (χ2n) is 7.23. The molecule has 7 heteroatoms. The molecule has 1 unspecified atom stereocenters. The van der Waals surface area contributed by atoms with E-state index in [0.717, 1.165) is 57.5 Å². The monoisotopic (exact) mass is 461 g/mol. The molecule has 1 aromatic heterocycles. The Morgan fingerprint density at radius 2 is 2.16 bits per heavy atom. The van der Waals surface area contributed by atoms with Gasteiger partial charge in [0.05, 0.1) is 12.3 Å². The van der Waals surface area contributed by atoms with Crippen molar-refractivity contribution in [3.05, 3.63) is 17.0 Å². The molecule has 6 nitrogen and oxygen atoms in total. The van der Waals surface area contributed by atoms with Crippen molar-refractivity contribution in [1.82, 2.24) is 20.0 Å². The lowest BCUT2D eigenvalue weighted by Gasteiger charge is -2.25. The minimum atomic E-state index is 0. The van der Waals surface area contributed by atoms with E-state index < -0.39 is 0 Å². The van der Waals surface area contributed by atoms with Gasteiger partial charge in [-0.25, -0.2) is 0 Å². The van der Waals surface area contributed by atoms with Gasteiger partial charge in [-0.15, -0.1) is 24.0 Å². The van der Waals surface area contributed by atoms with Crippen LogP contribution in [0.15, 0.2) is 4.99 Å². The van der Waals surface area contributed by atoms with Gasteiger partial charge in [-0.2, -0.15) is 5.10 Å². The zero-order valence-electron chi connectivity index (χ0n) is 16.0. The van der Waals surface area contributed by atoms with Gasteiger partial charge in [0, 0.05) is 50.9 Å². The molecule has 1 N–H and O–H groups in total. The first-order valence-corrected chi connectivity index (χ1v) is 9.15. The highest BCUT2D eigenvalue weighted by Crippen LogP contribution is 2.38. The average molecular weight is 461 g/mol. The van der Waals surface area contributed by atoms with Gasteiger partial charge in [0.25, 0.3) is 0 Å². The summed E-state index contributed by atoms with van der Waals surface area (Å²) in [6.07, 6.45) is 3.36. The van der Waals surface area contributed by atoms with Crippen LogP contribution in [0, 0.1) is 19.3 Å². The molecule has 1 atom stereocenters. The number of rotatable bonds is 4. The first-order valence-electron chi connectivity index (χ1n) is 9.15. The van der Waals surface area contributed by atoms with Crippen molar-refractivity contribution in [2.24, 2.45) is 17.5 Å². The standard InChI is InChI=1S/C18H31N5O.HI/c1-5-19-17(23-10-7-18(12-23)8-11-24-13-18)20-9-6-16-14(2)21-22(4)15(16)3;/h5-13H2,1-4H3,(H,19,20);1H. The number of ether oxygens (including phenoxy) is 1. The van der Waals surface area contributed by atoms with E-state index >= 15 is 0 Å². The number of halogens is 1. The number of aryl methyl sites for hydroxylation is 2. The van der Waals surface area contributed by atoms with E-state index in [-0.39, 0.29) is 24.0 Å². The molecule has 3 heterocycles. The second-order valence-corrected chi connectivity index (χ2v) is 7.23. The minimum Gasteiger partial charge on any atom is -0.381 e. The molecule has 2 aliphatic heterocycles. The fraction of sp³-hybridized carbons (Fsp3) is 0.778. The fourth-order valence-electron chi connectivity index (χ4n) is 3.97. The summed E-state index contributed by atoms with van der Waals surface area (Å²) in [5, 5.41) is 7.96. The maximum atomic E-state index is 5.64. The minimum absolute atomic E-state index is 0. The summed E-state index contributed by atoms with van der Waals surface area (Å²) in [6, 6.07) is 0. The second kappa shape index (κ2) is 8.70. The zero-order chi connectivity index (χ0) is 17.2. The summed E-state index contributed by atoms with van der Waals surface area (Å²) in [4.78, 5) is 7.31. The smallest absolute Gasteiger partial charge is 0.193 e. The van der Waals surface area contributed by atoms with Gasteiger partial charge in [-0.1, -0.05) is 0 Å². The third-order valence-corrected chi connectivity index (χ3v) is 5.54. The van der Waals surface area contributed by atoms with E-state index in [1.807, 2.05) is 11.7 Å². The SMILES string of the molecule is CCNC(=NCCc1c(C)nn(C)c1C)N1CCC2(CCOC2)C1.I. The van der Waals surface area contributed by atoms with Crippen molar-refractivity contribution in [1.29, 1.82) is 0 Å². The third-order valence-electron chi connectivity index (χ3n) is 5.54. The van der Waals surface area contributed by atoms with E-state index in [2.05, 4.69) is 36.1 Å². The number of aromatic nitrogens is 2. The number of nitrogens with zero attached hydrogens (tertiary/aromatic N) is 4. The molecule has 25 heavy (non-hydrogen) atoms. The first-order chi connectivity index (χ1) is 11.5. The summed E-state index contributed by atoms with van der Waals surface area (Å²) >= 11 is 0. The highest BCUT2D eigenvalue weighted by molar-refractivity contribution is 14.0. The summed E-state index contributed by atoms with van der Waals surface area (Å²) in [7, 11) is 2.01. The number of guanidine groups is 1. The molecular weight excluding hydrogens is 429 g/mol. The Labute approximate surface area is 168 Å². The van der Waals surface area contributed by atoms with Crippen LogP contribution in [0.3, 0.4) is 0 Å². The van der Waals surface area contributed by atoms with Crippen LogP contribution in [0.5, 0.6) is 0 Å². The van der Waals surface area contributed by atoms with E-state index in [9.17, 15) is 0 Å². The van der Waals surface area contributed by atoms with Crippen LogP contribution in [-0.2, 0) is 18.2 Å². The molecule has 0 saturated carbocycles. The van der Waals surface area contributed by atoms with Gasteiger partial charge in [-0.05, 0) is 45.6 Å². The predicted molar refractivity (Wildman–Crippen MR) is 112 cm³/mol. The predicted octanol–water partition coefficient (Wildman–Crippen LogP) is 2.28. The van der Waals surface area contributed by atoms with Crippen LogP contribution in [-0.4, -0.2) is 60.0 Å². The van der Waals surface area contributed by atoms with E-state index in [1.165, 1.54) is 24.1 Å². The topological polar surface area (TPSA) is 54.7 Å². The summed E-state index contributed by atoms with van der Waals surface area (Å²) in [5.41, 5.74) is 4.07. The van der Waals surface area contributed by atoms with Gasteiger partial charge in [0.15, 0.2) is 5.96 Å². The summed E-state index contributed by atoms with van der Waals surface area (Å²) in [6.45, 7) is 12.0. The van der Waals surface area contributed by atoms with Gasteiger partial charge in [0.2, 0.25) is 0 Å². The Balaban J connectivity index is 0.00000225. The van der Waals surface area contributed by atoms with Crippen molar-refractivity contribution < 1.29 is 4.74 Å². The van der Waals surface area contributed by atoms with Gasteiger partial charge >= 0.3 is 0 Å². The molecule has 2 aliphatic rings. The molecule has 1 spiro atoms. The van der Waals surface area contributed by atoms with Gasteiger partial charge in [0.1, 0.15) is 0 Å². The molecule has 0 aliphatic carbocycles. The maximum Gasteiger partial charge on any atom is 0.193 e. The van der Waals surface area contributed by atoms with Crippen molar-refractivity contribution in [3.8, 4) is 0 Å². The van der Waals surface area contributed by atoms with Gasteiger partial charge < -0.3 is 15.0 Å². The number of nitrogens with one attached hydrogen (secondary N) is 1. The molecule has 3 rings (SSSR count). The summed E-state index contributed by atoms with van der Waals surface area (Å²) < 4.78 is 7.60. The highest BCUT2D eigenvalue weighted by Gasteiger charge is 2.42. The lowest BCUT2D eigenvalue weighted by Crippen LogP contribution is -2.41. The molecule has 1 aromatic rings. The quantitative estimate of drug-likeness (QED) is 0.425. The summed E-state index contributed by atoms with van der Waals surface area (Å²) in [5.74, 6) is 1.06. The molecule has 0 aromatic carbocycles. The zero-order valence-corrected chi connectivity index (χ0v) is 18.3. The molecule has 0 bridgehead atoms. The van der Waals surface area contributed by atoms with E-state index in [4.69, 9.17) is 9.73 Å². The Morgan fingerprint density at radius 1 is 1.36 bits per heavy atom. The number of aliphatic imine (C=N–C) groups is 1. The lowest BCUT2D eigenvalue weighted by atomic mass is 9.87. The molecular formula is C18H32IN5O. The molecule has 2 fully saturated rings. The molecule has 0 amide bonds. The number of likely N-dealkylation sites (tertiary alicyclic amines) is 1. The van der Waals surface area contributed by atoms with Crippen molar-refractivity contribution in [3.63, 3.8) is 0 Å². The molecule has 2 saturated heterocycles. The van der Waals surface area contributed by atoms with E-state index in [0.29, 0.717) is 5.41 Å². The Morgan fingerprint density at radius 3 is 2.76 bits per heavy atom. The Kier molecular flexibility index (Phi) is 7.13. The lowest BCUT2D eigenvalue weighted by molar-refractivity contribution is 0.156. The van der Waals surface area contributed by atoms with Crippen LogP contribution in [0.4, 0.5) is 0 Å². The van der Waals surface area contributed by atoms with Crippen LogP contribution in [0.2, 0.25) is 0 Å². The van der Waals surface area contributed by atoms with Crippen molar-refractivity contribution in [2.45, 2.75) is 40.0 Å². The third kappa shape index (κ3) is 4.48. The van der Waals surface area contributed by atoms with Crippen molar-refractivity contribution >= 4 is 29.9 Å². The van der Waals surface area contributed by atoms with Crippen LogP contribution >= 0.6 is 24.0 Å². The Hall–Kier alpha value is -0.830. The normalized spacial score (nSPS) is 23.4. The van der Waals surface area contributed by atoms with Gasteiger partial charge in [-0.3, -0.25) is 9.67 Å². The molecule has 0 radical (unpaired) electrons. The largest absolute Gasteiger partial charge is 0.381 e. The fourth-order valence-corrected chi connectivity index (χ4v) is 3.97. The molecule has 142 valence electrons. The first kappa shape index (κ1) is 20.5. The number of hydrogen-bond acceptors (Lipinski definition) is 3. The maximum absolute atomic E-state index is 5.64. The van der Waals surface area contributed by atoms with Crippen LogP contribution < -0.4 is 5.32 Å². The van der Waals surface area contributed by atoms with Crippen LogP contribution in [0.25, 0.3) is 0 Å². The Bertz CT molecular complexity index is 607. The average Bonchev–Trinajstić information content (AvgIpc) is 3.25. The highest BCUT2D eigenvalue weighted by atomic mass is 127. The van der Waals surface area contributed by atoms with Crippen molar-refractivity contribution in [2.75, 3.05) is 39.4 Å². The number of hydrogen-bond donors (Lipinski definition) is 1. The van der Waals surface area contributed by atoms with Crippen LogP contribution in [0.1, 0.15) is 36.7 Å².